The fourth-order valence-corrected chi connectivity index (χ4v) is 1.99. The molecule has 0 bridgehead atoms. The van der Waals surface area contributed by atoms with E-state index in [-0.39, 0.29) is 11.5 Å². The molecule has 0 aliphatic carbocycles. The minimum Gasteiger partial charge on any atom is -0.508 e. The van der Waals surface area contributed by atoms with E-state index < -0.39 is 5.97 Å². The number of carbonyl (C=O) groups excluding carboxylic acids is 1. The Kier molecular flexibility index (Phi) is 4.50. The van der Waals surface area contributed by atoms with Crippen molar-refractivity contribution in [3.63, 3.8) is 0 Å². The number of esters is 1. The van der Waals surface area contributed by atoms with Crippen LogP contribution < -0.4 is 4.74 Å². The SMILES string of the molecule is CC(=O)Oc1ccc(C=Cc2cc(O)cc(O)c2)cc1Cl. The second-order valence-electron chi connectivity index (χ2n) is 4.40. The first-order chi connectivity index (χ1) is 9.94. The number of phenolic OH excluding ortho intramolecular Hbond substituents is 2. The van der Waals surface area contributed by atoms with Gasteiger partial charge in [-0.3, -0.25) is 4.79 Å². The molecule has 2 aromatic rings. The van der Waals surface area contributed by atoms with Gasteiger partial charge in [0.2, 0.25) is 0 Å². The van der Waals surface area contributed by atoms with E-state index >= 15 is 0 Å². The summed E-state index contributed by atoms with van der Waals surface area (Å²) in [7, 11) is 0. The van der Waals surface area contributed by atoms with E-state index in [0.717, 1.165) is 5.56 Å². The Bertz CT molecular complexity index is 687. The molecule has 0 fully saturated rings. The molecule has 108 valence electrons. The maximum Gasteiger partial charge on any atom is 0.308 e. The van der Waals surface area contributed by atoms with E-state index in [1.54, 1.807) is 30.4 Å². The van der Waals surface area contributed by atoms with Gasteiger partial charge in [0.1, 0.15) is 17.2 Å². The van der Waals surface area contributed by atoms with Crippen LogP contribution in [0.1, 0.15) is 18.1 Å². The van der Waals surface area contributed by atoms with Gasteiger partial charge in [-0.1, -0.05) is 29.8 Å². The Morgan fingerprint density at radius 3 is 2.24 bits per heavy atom. The number of hydrogen-bond acceptors (Lipinski definition) is 4. The molecule has 0 heterocycles. The van der Waals surface area contributed by atoms with Gasteiger partial charge in [0.15, 0.2) is 0 Å². The summed E-state index contributed by atoms with van der Waals surface area (Å²) < 4.78 is 4.93. The molecule has 0 amide bonds. The van der Waals surface area contributed by atoms with Gasteiger partial charge in [0, 0.05) is 13.0 Å². The molecule has 4 nitrogen and oxygen atoms in total. The average Bonchev–Trinajstić information content (AvgIpc) is 2.38. The van der Waals surface area contributed by atoms with Crippen LogP contribution in [0.2, 0.25) is 5.02 Å². The third-order valence-electron chi connectivity index (χ3n) is 2.60. The molecule has 2 aromatic carbocycles. The van der Waals surface area contributed by atoms with Crippen LogP contribution in [0.15, 0.2) is 36.4 Å². The van der Waals surface area contributed by atoms with Crippen LogP contribution in [-0.4, -0.2) is 16.2 Å². The molecule has 0 radical (unpaired) electrons. The standard InChI is InChI=1S/C16H13ClO4/c1-10(18)21-16-5-4-11(8-15(16)17)2-3-12-6-13(19)9-14(20)7-12/h2-9,19-20H,1H3. The number of carbonyl (C=O) groups is 1. The van der Waals surface area contributed by atoms with Crippen molar-refractivity contribution in [2.75, 3.05) is 0 Å². The molecule has 2 rings (SSSR count). The lowest BCUT2D eigenvalue weighted by Crippen LogP contribution is -2.01. The largest absolute Gasteiger partial charge is 0.508 e. The predicted octanol–water partition coefficient (Wildman–Crippen LogP) is 3.85. The molecule has 0 aliphatic rings. The molecule has 5 heteroatoms. The zero-order chi connectivity index (χ0) is 15.4. The van der Waals surface area contributed by atoms with E-state index in [2.05, 4.69) is 0 Å². The van der Waals surface area contributed by atoms with Gasteiger partial charge >= 0.3 is 5.97 Å². The van der Waals surface area contributed by atoms with Gasteiger partial charge < -0.3 is 14.9 Å². The lowest BCUT2D eigenvalue weighted by Gasteiger charge is -2.04. The summed E-state index contributed by atoms with van der Waals surface area (Å²) in [6, 6.07) is 9.28. The van der Waals surface area contributed by atoms with Crippen molar-refractivity contribution in [1.82, 2.24) is 0 Å². The minimum absolute atomic E-state index is 0.0158. The van der Waals surface area contributed by atoms with Crippen LogP contribution in [0, 0.1) is 0 Å². The Hall–Kier alpha value is -2.46. The first-order valence-electron chi connectivity index (χ1n) is 6.13. The van der Waals surface area contributed by atoms with E-state index in [0.29, 0.717) is 16.3 Å². The highest BCUT2D eigenvalue weighted by Gasteiger charge is 2.04. The van der Waals surface area contributed by atoms with Crippen molar-refractivity contribution >= 4 is 29.7 Å². The maximum absolute atomic E-state index is 10.9. The fraction of sp³-hybridized carbons (Fsp3) is 0.0625. The van der Waals surface area contributed by atoms with E-state index in [9.17, 15) is 15.0 Å². The first-order valence-corrected chi connectivity index (χ1v) is 6.51. The molecule has 2 N–H and O–H groups in total. The third kappa shape index (κ3) is 4.26. The summed E-state index contributed by atoms with van der Waals surface area (Å²) >= 11 is 6.01. The highest BCUT2D eigenvalue weighted by Crippen LogP contribution is 2.27. The number of aromatic hydroxyl groups is 2. The van der Waals surface area contributed by atoms with E-state index in [4.69, 9.17) is 16.3 Å². The van der Waals surface area contributed by atoms with Crippen molar-refractivity contribution < 1.29 is 19.7 Å². The van der Waals surface area contributed by atoms with E-state index in [1.807, 2.05) is 0 Å². The summed E-state index contributed by atoms with van der Waals surface area (Å²) in [6.07, 6.45) is 3.48. The number of benzene rings is 2. The predicted molar refractivity (Wildman–Crippen MR) is 81.5 cm³/mol. The van der Waals surface area contributed by atoms with Gasteiger partial charge in [0.25, 0.3) is 0 Å². The van der Waals surface area contributed by atoms with Crippen molar-refractivity contribution in [3.05, 3.63) is 52.5 Å². The van der Waals surface area contributed by atoms with Crippen LogP contribution >= 0.6 is 11.6 Å². The summed E-state index contributed by atoms with van der Waals surface area (Å²) in [5, 5.41) is 19.1. The number of rotatable bonds is 3. The molecular formula is C16H13ClO4. The highest BCUT2D eigenvalue weighted by atomic mass is 35.5. The van der Waals surface area contributed by atoms with Crippen LogP contribution in [0.4, 0.5) is 0 Å². The van der Waals surface area contributed by atoms with Crippen LogP contribution in [0.5, 0.6) is 17.2 Å². The summed E-state index contributed by atoms with van der Waals surface area (Å²) in [6.45, 7) is 1.30. The monoisotopic (exact) mass is 304 g/mol. The van der Waals surface area contributed by atoms with Gasteiger partial charge in [-0.25, -0.2) is 0 Å². The number of ether oxygens (including phenoxy) is 1. The number of halogens is 1. The van der Waals surface area contributed by atoms with Crippen molar-refractivity contribution in [3.8, 4) is 17.2 Å². The smallest absolute Gasteiger partial charge is 0.308 e. The van der Waals surface area contributed by atoms with E-state index in [1.165, 1.54) is 25.1 Å². The average molecular weight is 305 g/mol. The quantitative estimate of drug-likeness (QED) is 0.513. The minimum atomic E-state index is -0.435. The topological polar surface area (TPSA) is 66.8 Å². The van der Waals surface area contributed by atoms with Gasteiger partial charge in [-0.2, -0.15) is 0 Å². The molecule has 0 aromatic heterocycles. The molecule has 21 heavy (non-hydrogen) atoms. The summed E-state index contributed by atoms with van der Waals surface area (Å²) in [4.78, 5) is 10.9. The molecule has 0 spiro atoms. The highest BCUT2D eigenvalue weighted by molar-refractivity contribution is 6.32. The Balaban J connectivity index is 2.21. The molecule has 0 saturated heterocycles. The second-order valence-corrected chi connectivity index (χ2v) is 4.81. The summed E-state index contributed by atoms with van der Waals surface area (Å²) in [5.74, 6) is -0.164. The number of phenols is 2. The van der Waals surface area contributed by atoms with Crippen molar-refractivity contribution in [2.24, 2.45) is 0 Å². The van der Waals surface area contributed by atoms with Gasteiger partial charge in [-0.15, -0.1) is 0 Å². The Labute approximate surface area is 126 Å². The maximum atomic E-state index is 10.9. The Morgan fingerprint density at radius 2 is 1.67 bits per heavy atom. The third-order valence-corrected chi connectivity index (χ3v) is 2.90. The zero-order valence-corrected chi connectivity index (χ0v) is 12.0. The molecule has 0 aliphatic heterocycles. The van der Waals surface area contributed by atoms with Crippen molar-refractivity contribution in [2.45, 2.75) is 6.92 Å². The fourth-order valence-electron chi connectivity index (χ4n) is 1.77. The normalized spacial score (nSPS) is 10.8. The van der Waals surface area contributed by atoms with Gasteiger partial charge in [-0.05, 0) is 35.4 Å². The van der Waals surface area contributed by atoms with Gasteiger partial charge in [0.05, 0.1) is 5.02 Å². The lowest BCUT2D eigenvalue weighted by molar-refractivity contribution is -0.131. The number of hydrogen-bond donors (Lipinski definition) is 2. The molecule has 0 saturated carbocycles. The van der Waals surface area contributed by atoms with Crippen LogP contribution in [0.25, 0.3) is 12.2 Å². The zero-order valence-electron chi connectivity index (χ0n) is 11.2. The van der Waals surface area contributed by atoms with Crippen LogP contribution in [0.3, 0.4) is 0 Å². The Morgan fingerprint density at radius 1 is 1.05 bits per heavy atom. The molecular weight excluding hydrogens is 292 g/mol. The second kappa shape index (κ2) is 6.33. The van der Waals surface area contributed by atoms with Crippen molar-refractivity contribution in [1.29, 1.82) is 0 Å². The molecule has 0 unspecified atom stereocenters. The van der Waals surface area contributed by atoms with Crippen LogP contribution in [-0.2, 0) is 4.79 Å². The molecule has 0 atom stereocenters. The lowest BCUT2D eigenvalue weighted by atomic mass is 10.1. The first kappa shape index (κ1) is 14.9. The summed E-state index contributed by atoms with van der Waals surface area (Å²) in [5.41, 5.74) is 1.44.